The Labute approximate surface area is 114 Å². The highest BCUT2D eigenvalue weighted by Crippen LogP contribution is 2.34. The summed E-state index contributed by atoms with van der Waals surface area (Å²) in [6.07, 6.45) is 3.93. The summed E-state index contributed by atoms with van der Waals surface area (Å²) in [5.41, 5.74) is 2.02. The van der Waals surface area contributed by atoms with Gasteiger partial charge in [0.1, 0.15) is 5.82 Å². The van der Waals surface area contributed by atoms with Crippen LogP contribution < -0.4 is 5.32 Å². The van der Waals surface area contributed by atoms with Gasteiger partial charge in [-0.15, -0.1) is 0 Å². The molecule has 1 aliphatic carbocycles. The normalized spacial score (nSPS) is 29.2. The standard InChI is InChI=1S/C16H22FNO/c1-16(2)10-11(8-9-19-16)18-15-7-6-12-13(15)4-3-5-14(12)17/h3-5,11,15,18H,6-10H2,1-2H3. The first kappa shape index (κ1) is 13.1. The molecule has 1 fully saturated rings. The van der Waals surface area contributed by atoms with E-state index in [-0.39, 0.29) is 11.4 Å². The summed E-state index contributed by atoms with van der Waals surface area (Å²) in [7, 11) is 0. The number of ether oxygens (including phenoxy) is 1. The molecule has 2 aliphatic rings. The van der Waals surface area contributed by atoms with Gasteiger partial charge in [0.05, 0.1) is 5.60 Å². The van der Waals surface area contributed by atoms with Crippen LogP contribution in [0.15, 0.2) is 18.2 Å². The monoisotopic (exact) mass is 263 g/mol. The zero-order valence-corrected chi connectivity index (χ0v) is 11.7. The van der Waals surface area contributed by atoms with Gasteiger partial charge >= 0.3 is 0 Å². The molecule has 0 radical (unpaired) electrons. The summed E-state index contributed by atoms with van der Waals surface area (Å²) >= 11 is 0. The van der Waals surface area contributed by atoms with Crippen LogP contribution in [0.4, 0.5) is 4.39 Å². The number of hydrogen-bond acceptors (Lipinski definition) is 2. The second-order valence-corrected chi connectivity index (χ2v) is 6.36. The molecule has 0 amide bonds. The Morgan fingerprint density at radius 1 is 1.32 bits per heavy atom. The Balaban J connectivity index is 1.71. The average molecular weight is 263 g/mol. The van der Waals surface area contributed by atoms with Crippen LogP contribution in [0.25, 0.3) is 0 Å². The zero-order chi connectivity index (χ0) is 13.5. The van der Waals surface area contributed by atoms with Crippen molar-refractivity contribution in [3.63, 3.8) is 0 Å². The number of nitrogens with one attached hydrogen (secondary N) is 1. The van der Waals surface area contributed by atoms with Crippen molar-refractivity contribution in [1.82, 2.24) is 5.32 Å². The lowest BCUT2D eigenvalue weighted by atomic mass is 9.93. The molecule has 0 saturated carbocycles. The van der Waals surface area contributed by atoms with E-state index in [9.17, 15) is 4.39 Å². The van der Waals surface area contributed by atoms with Crippen LogP contribution in [0, 0.1) is 5.82 Å². The molecule has 19 heavy (non-hydrogen) atoms. The van der Waals surface area contributed by atoms with Crippen LogP contribution in [0.2, 0.25) is 0 Å². The predicted molar refractivity (Wildman–Crippen MR) is 73.7 cm³/mol. The summed E-state index contributed by atoms with van der Waals surface area (Å²) in [6, 6.07) is 6.24. The Hall–Kier alpha value is -0.930. The van der Waals surface area contributed by atoms with Crippen LogP contribution >= 0.6 is 0 Å². The maximum absolute atomic E-state index is 13.7. The molecular formula is C16H22FNO. The first-order valence-corrected chi connectivity index (χ1v) is 7.22. The fourth-order valence-electron chi connectivity index (χ4n) is 3.44. The van der Waals surface area contributed by atoms with E-state index in [0.29, 0.717) is 12.1 Å². The molecule has 0 aromatic heterocycles. The van der Waals surface area contributed by atoms with Gasteiger partial charge in [-0.1, -0.05) is 12.1 Å². The van der Waals surface area contributed by atoms with E-state index in [4.69, 9.17) is 4.74 Å². The molecule has 1 aromatic rings. The molecule has 0 spiro atoms. The van der Waals surface area contributed by atoms with Gasteiger partial charge in [-0.3, -0.25) is 0 Å². The molecule has 2 nitrogen and oxygen atoms in total. The summed E-state index contributed by atoms with van der Waals surface area (Å²) in [5, 5.41) is 3.71. The minimum atomic E-state index is -0.0471. The number of fused-ring (bicyclic) bond motifs is 1. The van der Waals surface area contributed by atoms with E-state index in [0.717, 1.165) is 43.4 Å². The molecular weight excluding hydrogens is 241 g/mol. The lowest BCUT2D eigenvalue weighted by Crippen LogP contribution is -2.44. The van der Waals surface area contributed by atoms with Crippen molar-refractivity contribution >= 4 is 0 Å². The molecule has 1 N–H and O–H groups in total. The Morgan fingerprint density at radius 2 is 2.16 bits per heavy atom. The van der Waals surface area contributed by atoms with Crippen molar-refractivity contribution in [2.75, 3.05) is 6.61 Å². The van der Waals surface area contributed by atoms with E-state index >= 15 is 0 Å². The van der Waals surface area contributed by atoms with E-state index in [1.54, 1.807) is 6.07 Å². The molecule has 1 aromatic carbocycles. The minimum absolute atomic E-state index is 0.0424. The van der Waals surface area contributed by atoms with Gasteiger partial charge in [-0.2, -0.15) is 0 Å². The van der Waals surface area contributed by atoms with Gasteiger partial charge in [0.15, 0.2) is 0 Å². The highest BCUT2D eigenvalue weighted by atomic mass is 19.1. The van der Waals surface area contributed by atoms with E-state index in [1.807, 2.05) is 6.07 Å². The second kappa shape index (κ2) is 4.88. The van der Waals surface area contributed by atoms with Crippen molar-refractivity contribution in [3.8, 4) is 0 Å². The SMILES string of the molecule is CC1(C)CC(NC2CCc3c(F)cccc32)CCO1. The van der Waals surface area contributed by atoms with Crippen molar-refractivity contribution < 1.29 is 9.13 Å². The number of halogens is 1. The number of benzene rings is 1. The molecule has 104 valence electrons. The van der Waals surface area contributed by atoms with Gasteiger partial charge in [0.25, 0.3) is 0 Å². The number of rotatable bonds is 2. The third-order valence-corrected chi connectivity index (χ3v) is 4.35. The van der Waals surface area contributed by atoms with Crippen molar-refractivity contribution in [2.24, 2.45) is 0 Å². The zero-order valence-electron chi connectivity index (χ0n) is 11.7. The first-order valence-electron chi connectivity index (χ1n) is 7.22. The summed E-state index contributed by atoms with van der Waals surface area (Å²) < 4.78 is 19.5. The average Bonchev–Trinajstić information content (AvgIpc) is 2.73. The van der Waals surface area contributed by atoms with Crippen molar-refractivity contribution in [3.05, 3.63) is 35.1 Å². The third kappa shape index (κ3) is 2.67. The van der Waals surface area contributed by atoms with E-state index < -0.39 is 0 Å². The van der Waals surface area contributed by atoms with E-state index in [2.05, 4.69) is 25.2 Å². The van der Waals surface area contributed by atoms with Crippen LogP contribution in [0.3, 0.4) is 0 Å². The Bertz CT molecular complexity index is 472. The van der Waals surface area contributed by atoms with Gasteiger partial charge in [0.2, 0.25) is 0 Å². The van der Waals surface area contributed by atoms with Gasteiger partial charge in [-0.05, 0) is 56.7 Å². The van der Waals surface area contributed by atoms with Crippen LogP contribution in [0.5, 0.6) is 0 Å². The molecule has 2 atom stereocenters. The number of hydrogen-bond donors (Lipinski definition) is 1. The Morgan fingerprint density at radius 3 is 2.95 bits per heavy atom. The Kier molecular flexibility index (Phi) is 3.35. The van der Waals surface area contributed by atoms with Crippen molar-refractivity contribution in [1.29, 1.82) is 0 Å². The maximum Gasteiger partial charge on any atom is 0.126 e. The summed E-state index contributed by atoms with van der Waals surface area (Å²) in [5.74, 6) is -0.0471. The molecule has 1 aliphatic heterocycles. The lowest BCUT2D eigenvalue weighted by molar-refractivity contribution is -0.0642. The third-order valence-electron chi connectivity index (χ3n) is 4.35. The summed E-state index contributed by atoms with van der Waals surface area (Å²) in [4.78, 5) is 0. The molecule has 3 heteroatoms. The molecule has 0 bridgehead atoms. The molecule has 2 unspecified atom stereocenters. The second-order valence-electron chi connectivity index (χ2n) is 6.36. The van der Waals surface area contributed by atoms with Gasteiger partial charge in [-0.25, -0.2) is 4.39 Å². The highest BCUT2D eigenvalue weighted by molar-refractivity contribution is 5.35. The first-order chi connectivity index (χ1) is 9.05. The smallest absolute Gasteiger partial charge is 0.126 e. The van der Waals surface area contributed by atoms with Crippen LogP contribution in [-0.2, 0) is 11.2 Å². The topological polar surface area (TPSA) is 21.3 Å². The van der Waals surface area contributed by atoms with Gasteiger partial charge < -0.3 is 10.1 Å². The van der Waals surface area contributed by atoms with Crippen LogP contribution in [-0.4, -0.2) is 18.2 Å². The minimum Gasteiger partial charge on any atom is -0.375 e. The maximum atomic E-state index is 13.7. The molecule has 1 saturated heterocycles. The lowest BCUT2D eigenvalue weighted by Gasteiger charge is -2.37. The molecule has 3 rings (SSSR count). The summed E-state index contributed by atoms with van der Waals surface area (Å²) in [6.45, 7) is 5.10. The molecule has 1 heterocycles. The fourth-order valence-corrected chi connectivity index (χ4v) is 3.44. The van der Waals surface area contributed by atoms with Crippen LogP contribution in [0.1, 0.15) is 50.3 Å². The largest absolute Gasteiger partial charge is 0.375 e. The highest BCUT2D eigenvalue weighted by Gasteiger charge is 2.32. The van der Waals surface area contributed by atoms with Gasteiger partial charge in [0, 0.05) is 18.7 Å². The van der Waals surface area contributed by atoms with Crippen molar-refractivity contribution in [2.45, 2.75) is 57.2 Å². The fraction of sp³-hybridized carbons (Fsp3) is 0.625. The van der Waals surface area contributed by atoms with E-state index in [1.165, 1.54) is 0 Å². The quantitative estimate of drug-likeness (QED) is 0.883. The predicted octanol–water partition coefficient (Wildman–Crippen LogP) is 3.36.